The third-order valence-electron chi connectivity index (χ3n) is 1.76. The van der Waals surface area contributed by atoms with Crippen LogP contribution in [0.25, 0.3) is 0 Å². The highest BCUT2D eigenvalue weighted by atomic mass is 16.5. The van der Waals surface area contributed by atoms with E-state index in [4.69, 9.17) is 9.94 Å². The van der Waals surface area contributed by atoms with Gasteiger partial charge in [-0.25, -0.2) is 5.06 Å². The molecule has 5 nitrogen and oxygen atoms in total. The molecule has 0 aromatic carbocycles. The Labute approximate surface area is 71.3 Å². The molecule has 5 heteroatoms. The SMILES string of the molecule is CCN(O)C(=O)C1CNCCO1. The minimum Gasteiger partial charge on any atom is -0.366 e. The minimum atomic E-state index is -0.524. The molecule has 2 N–H and O–H groups in total. The van der Waals surface area contributed by atoms with E-state index in [1.165, 1.54) is 0 Å². The first kappa shape index (κ1) is 9.44. The molecule has 1 aliphatic rings. The Morgan fingerprint density at radius 3 is 3.08 bits per heavy atom. The average Bonchev–Trinajstić information content (AvgIpc) is 2.17. The molecule has 12 heavy (non-hydrogen) atoms. The smallest absolute Gasteiger partial charge is 0.276 e. The summed E-state index contributed by atoms with van der Waals surface area (Å²) in [7, 11) is 0. The molecule has 0 radical (unpaired) electrons. The molecule has 1 unspecified atom stereocenters. The van der Waals surface area contributed by atoms with Crippen molar-refractivity contribution in [1.29, 1.82) is 0 Å². The van der Waals surface area contributed by atoms with E-state index >= 15 is 0 Å². The van der Waals surface area contributed by atoms with E-state index in [2.05, 4.69) is 5.32 Å². The summed E-state index contributed by atoms with van der Waals surface area (Å²) in [5.41, 5.74) is 0. The van der Waals surface area contributed by atoms with Crippen molar-refractivity contribution >= 4 is 5.91 Å². The lowest BCUT2D eigenvalue weighted by molar-refractivity contribution is -0.178. The van der Waals surface area contributed by atoms with Gasteiger partial charge in [-0.15, -0.1) is 0 Å². The van der Waals surface area contributed by atoms with Gasteiger partial charge in [0.15, 0.2) is 6.10 Å². The van der Waals surface area contributed by atoms with Crippen LogP contribution in [0.3, 0.4) is 0 Å². The van der Waals surface area contributed by atoms with Crippen molar-refractivity contribution in [3.63, 3.8) is 0 Å². The van der Waals surface area contributed by atoms with Gasteiger partial charge in [0.2, 0.25) is 0 Å². The number of nitrogens with zero attached hydrogens (tertiary/aromatic N) is 1. The molecule has 0 aromatic rings. The number of hydroxylamine groups is 2. The third-order valence-corrected chi connectivity index (χ3v) is 1.76. The summed E-state index contributed by atoms with van der Waals surface area (Å²) < 4.78 is 5.15. The zero-order valence-electron chi connectivity index (χ0n) is 7.12. The molecule has 1 atom stereocenters. The van der Waals surface area contributed by atoms with Crippen molar-refractivity contribution in [3.05, 3.63) is 0 Å². The van der Waals surface area contributed by atoms with Gasteiger partial charge in [-0.2, -0.15) is 0 Å². The molecule has 0 saturated carbocycles. The van der Waals surface area contributed by atoms with E-state index in [1.54, 1.807) is 6.92 Å². The van der Waals surface area contributed by atoms with Crippen molar-refractivity contribution in [1.82, 2.24) is 10.4 Å². The Balaban J connectivity index is 2.39. The van der Waals surface area contributed by atoms with Gasteiger partial charge in [-0.05, 0) is 6.92 Å². The summed E-state index contributed by atoms with van der Waals surface area (Å²) in [6.45, 7) is 3.76. The van der Waals surface area contributed by atoms with E-state index in [0.717, 1.165) is 6.54 Å². The van der Waals surface area contributed by atoms with Gasteiger partial charge >= 0.3 is 0 Å². The van der Waals surface area contributed by atoms with Crippen LogP contribution in [-0.2, 0) is 9.53 Å². The maximum atomic E-state index is 11.2. The van der Waals surface area contributed by atoms with Crippen LogP contribution in [-0.4, -0.2) is 48.5 Å². The standard InChI is InChI=1S/C7H14N2O3/c1-2-9(11)7(10)6-5-8-3-4-12-6/h6,8,11H,2-5H2,1H3. The maximum absolute atomic E-state index is 11.2. The summed E-state index contributed by atoms with van der Waals surface area (Å²) in [5, 5.41) is 12.7. The van der Waals surface area contributed by atoms with Crippen molar-refractivity contribution < 1.29 is 14.7 Å². The number of likely N-dealkylation sites (N-methyl/N-ethyl adjacent to an activating group) is 1. The molecular weight excluding hydrogens is 160 g/mol. The molecule has 1 amide bonds. The normalized spacial score (nSPS) is 23.7. The average molecular weight is 174 g/mol. The molecule has 1 saturated heterocycles. The van der Waals surface area contributed by atoms with Crippen molar-refractivity contribution in [2.75, 3.05) is 26.2 Å². The molecular formula is C7H14N2O3. The molecule has 0 aliphatic carbocycles. The highest BCUT2D eigenvalue weighted by Gasteiger charge is 2.24. The monoisotopic (exact) mass is 174 g/mol. The number of carbonyl (C=O) groups is 1. The van der Waals surface area contributed by atoms with Crippen LogP contribution in [0.15, 0.2) is 0 Å². The first-order chi connectivity index (χ1) is 5.75. The lowest BCUT2D eigenvalue weighted by Gasteiger charge is -2.25. The summed E-state index contributed by atoms with van der Waals surface area (Å²) in [6.07, 6.45) is -0.524. The Morgan fingerprint density at radius 2 is 2.58 bits per heavy atom. The van der Waals surface area contributed by atoms with Crippen LogP contribution in [0.4, 0.5) is 0 Å². The summed E-state index contributed by atoms with van der Waals surface area (Å²) in [4.78, 5) is 11.2. The van der Waals surface area contributed by atoms with Crippen molar-refractivity contribution in [2.45, 2.75) is 13.0 Å². The van der Waals surface area contributed by atoms with E-state index in [-0.39, 0.29) is 5.91 Å². The van der Waals surface area contributed by atoms with Gasteiger partial charge in [-0.3, -0.25) is 10.0 Å². The number of rotatable bonds is 2. The number of nitrogens with one attached hydrogen (secondary N) is 1. The molecule has 0 bridgehead atoms. The number of ether oxygens (including phenoxy) is 1. The fourth-order valence-electron chi connectivity index (χ4n) is 1.05. The zero-order chi connectivity index (χ0) is 8.97. The first-order valence-corrected chi connectivity index (χ1v) is 4.08. The number of amides is 1. The second-order valence-electron chi connectivity index (χ2n) is 2.62. The lowest BCUT2D eigenvalue weighted by atomic mass is 10.3. The van der Waals surface area contributed by atoms with Crippen LogP contribution in [0.1, 0.15) is 6.92 Å². The number of hydrogen-bond acceptors (Lipinski definition) is 4. The van der Waals surface area contributed by atoms with Crippen LogP contribution < -0.4 is 5.32 Å². The number of morpholine rings is 1. The van der Waals surface area contributed by atoms with Crippen molar-refractivity contribution in [3.8, 4) is 0 Å². The van der Waals surface area contributed by atoms with E-state index in [9.17, 15) is 4.79 Å². The Kier molecular flexibility index (Phi) is 3.46. The summed E-state index contributed by atoms with van der Waals surface area (Å²) in [6, 6.07) is 0. The molecule has 1 aliphatic heterocycles. The fraction of sp³-hybridized carbons (Fsp3) is 0.857. The van der Waals surface area contributed by atoms with Gasteiger partial charge in [0.25, 0.3) is 5.91 Å². The highest BCUT2D eigenvalue weighted by molar-refractivity contribution is 5.80. The van der Waals surface area contributed by atoms with E-state index < -0.39 is 6.10 Å². The van der Waals surface area contributed by atoms with Crippen LogP contribution in [0, 0.1) is 0 Å². The van der Waals surface area contributed by atoms with Crippen molar-refractivity contribution in [2.24, 2.45) is 0 Å². The van der Waals surface area contributed by atoms with Crippen LogP contribution in [0.2, 0.25) is 0 Å². The maximum Gasteiger partial charge on any atom is 0.276 e. The lowest BCUT2D eigenvalue weighted by Crippen LogP contribution is -2.48. The van der Waals surface area contributed by atoms with Gasteiger partial charge in [0.1, 0.15) is 0 Å². The molecule has 1 rings (SSSR count). The molecule has 0 aromatic heterocycles. The Bertz CT molecular complexity index is 157. The molecule has 1 fully saturated rings. The predicted octanol–water partition coefficient (Wildman–Crippen LogP) is -0.787. The third kappa shape index (κ3) is 2.17. The quantitative estimate of drug-likeness (QED) is 0.425. The molecule has 1 heterocycles. The first-order valence-electron chi connectivity index (χ1n) is 4.08. The summed E-state index contributed by atoms with van der Waals surface area (Å²) >= 11 is 0. The zero-order valence-corrected chi connectivity index (χ0v) is 7.12. The van der Waals surface area contributed by atoms with E-state index in [0.29, 0.717) is 24.8 Å². The van der Waals surface area contributed by atoms with Crippen LogP contribution in [0.5, 0.6) is 0 Å². The van der Waals surface area contributed by atoms with Gasteiger partial charge in [0.05, 0.1) is 6.61 Å². The van der Waals surface area contributed by atoms with Gasteiger partial charge < -0.3 is 10.1 Å². The summed E-state index contributed by atoms with van der Waals surface area (Å²) in [5.74, 6) is -0.371. The number of hydrogen-bond donors (Lipinski definition) is 2. The minimum absolute atomic E-state index is 0.290. The molecule has 0 spiro atoms. The topological polar surface area (TPSA) is 61.8 Å². The predicted molar refractivity (Wildman–Crippen MR) is 41.8 cm³/mol. The largest absolute Gasteiger partial charge is 0.366 e. The molecule has 70 valence electrons. The Morgan fingerprint density at radius 1 is 1.83 bits per heavy atom. The van der Waals surface area contributed by atoms with E-state index in [1.807, 2.05) is 0 Å². The second-order valence-corrected chi connectivity index (χ2v) is 2.62. The van der Waals surface area contributed by atoms with Crippen LogP contribution >= 0.6 is 0 Å². The van der Waals surface area contributed by atoms with Gasteiger partial charge in [-0.1, -0.05) is 0 Å². The van der Waals surface area contributed by atoms with Gasteiger partial charge in [0, 0.05) is 19.6 Å². The fourth-order valence-corrected chi connectivity index (χ4v) is 1.05. The number of carbonyl (C=O) groups excluding carboxylic acids is 1. The highest BCUT2D eigenvalue weighted by Crippen LogP contribution is 1.99. The Hall–Kier alpha value is -0.650. The second kappa shape index (κ2) is 4.39.